The Balaban J connectivity index is 1.69. The van der Waals surface area contributed by atoms with Crippen LogP contribution < -0.4 is 0 Å². The van der Waals surface area contributed by atoms with Gasteiger partial charge in [0.05, 0.1) is 11.8 Å². The number of benzene rings is 2. The molecule has 1 heterocycles. The first-order valence-electron chi connectivity index (χ1n) is 9.00. The first kappa shape index (κ1) is 19.5. The first-order valence-corrected chi connectivity index (χ1v) is 10.6. The molecule has 0 saturated heterocycles. The number of hydrogen-bond donors (Lipinski definition) is 1. The maximum Gasteiger partial charge on any atom is 0.233 e. The van der Waals surface area contributed by atoms with Crippen LogP contribution in [0.1, 0.15) is 23.1 Å². The van der Waals surface area contributed by atoms with Crippen molar-refractivity contribution in [2.24, 2.45) is 0 Å². The summed E-state index contributed by atoms with van der Waals surface area (Å²) in [5.74, 6) is -0.294. The average molecular weight is 388 g/mol. The van der Waals surface area contributed by atoms with E-state index in [4.69, 9.17) is 0 Å². The quantitative estimate of drug-likeness (QED) is 0.427. The molecule has 0 radical (unpaired) electrons. The number of aryl methyl sites for hydroxylation is 1. The van der Waals surface area contributed by atoms with Crippen LogP contribution in [0.5, 0.6) is 0 Å². The second-order valence-electron chi connectivity index (χ2n) is 6.79. The van der Waals surface area contributed by atoms with Crippen molar-refractivity contribution in [2.45, 2.75) is 31.8 Å². The normalized spacial score (nSPS) is 15.7. The van der Waals surface area contributed by atoms with Crippen molar-refractivity contribution in [2.75, 3.05) is 12.3 Å². The molecule has 2 aromatic carbocycles. The molecule has 2 aromatic rings. The first-order chi connectivity index (χ1) is 13.0. The highest BCUT2D eigenvalue weighted by molar-refractivity contribution is 7.89. The Kier molecular flexibility index (Phi) is 6.26. The third-order valence-corrected chi connectivity index (χ3v) is 6.89. The summed E-state index contributed by atoms with van der Waals surface area (Å²) < 4.78 is 27.3. The fourth-order valence-electron chi connectivity index (χ4n) is 3.41. The SMILES string of the molecule is O=CN(O)C(CCc1ccccc1)CS(=O)(=O)N1CCc2ccccc2C1. The Morgan fingerprint density at radius 2 is 1.74 bits per heavy atom. The minimum atomic E-state index is -3.61. The zero-order valence-corrected chi connectivity index (χ0v) is 15.9. The van der Waals surface area contributed by atoms with Crippen molar-refractivity contribution in [1.29, 1.82) is 0 Å². The molecule has 0 spiro atoms. The molecule has 1 N–H and O–H groups in total. The summed E-state index contributed by atoms with van der Waals surface area (Å²) in [5.41, 5.74) is 3.21. The molecule has 0 bridgehead atoms. The van der Waals surface area contributed by atoms with E-state index in [9.17, 15) is 18.4 Å². The molecule has 27 heavy (non-hydrogen) atoms. The van der Waals surface area contributed by atoms with Gasteiger partial charge >= 0.3 is 0 Å². The summed E-state index contributed by atoms with van der Waals surface area (Å²) >= 11 is 0. The fourth-order valence-corrected chi connectivity index (χ4v) is 5.13. The Bertz CT molecular complexity index is 871. The lowest BCUT2D eigenvalue weighted by Crippen LogP contribution is -2.44. The van der Waals surface area contributed by atoms with Crippen LogP contribution >= 0.6 is 0 Å². The van der Waals surface area contributed by atoms with Crippen LogP contribution in [0.15, 0.2) is 54.6 Å². The summed E-state index contributed by atoms with van der Waals surface area (Å²) in [6.45, 7) is 0.744. The monoisotopic (exact) mass is 388 g/mol. The minimum absolute atomic E-state index is 0.274. The van der Waals surface area contributed by atoms with Crippen molar-refractivity contribution in [3.63, 3.8) is 0 Å². The van der Waals surface area contributed by atoms with E-state index >= 15 is 0 Å². The number of sulfonamides is 1. The second kappa shape index (κ2) is 8.65. The van der Waals surface area contributed by atoms with Crippen LogP contribution in [0.25, 0.3) is 0 Å². The molecule has 7 heteroatoms. The average Bonchev–Trinajstić information content (AvgIpc) is 2.70. The summed E-state index contributed by atoms with van der Waals surface area (Å²) in [7, 11) is -3.61. The Morgan fingerprint density at radius 1 is 1.07 bits per heavy atom. The molecule has 1 aliphatic heterocycles. The van der Waals surface area contributed by atoms with E-state index < -0.39 is 16.1 Å². The molecule has 0 aliphatic carbocycles. The van der Waals surface area contributed by atoms with Gasteiger partial charge < -0.3 is 0 Å². The molecule has 144 valence electrons. The van der Waals surface area contributed by atoms with Crippen LogP contribution in [0.2, 0.25) is 0 Å². The lowest BCUT2D eigenvalue weighted by atomic mass is 10.0. The smallest absolute Gasteiger partial charge is 0.233 e. The van der Waals surface area contributed by atoms with Gasteiger partial charge in [-0.1, -0.05) is 54.6 Å². The van der Waals surface area contributed by atoms with Gasteiger partial charge in [-0.15, -0.1) is 0 Å². The second-order valence-corrected chi connectivity index (χ2v) is 8.81. The topological polar surface area (TPSA) is 77.9 Å². The molecular formula is C20H24N2O4S. The van der Waals surface area contributed by atoms with Crippen molar-refractivity contribution in [3.05, 3.63) is 71.3 Å². The van der Waals surface area contributed by atoms with E-state index in [-0.39, 0.29) is 12.2 Å². The van der Waals surface area contributed by atoms with E-state index in [1.807, 2.05) is 54.6 Å². The Morgan fingerprint density at radius 3 is 2.44 bits per heavy atom. The van der Waals surface area contributed by atoms with Gasteiger partial charge in [-0.25, -0.2) is 13.5 Å². The van der Waals surface area contributed by atoms with E-state index in [0.29, 0.717) is 37.4 Å². The molecule has 0 saturated carbocycles. The van der Waals surface area contributed by atoms with Gasteiger partial charge in [0.15, 0.2) is 0 Å². The maximum atomic E-state index is 12.9. The number of hydrogen-bond acceptors (Lipinski definition) is 4. The zero-order chi connectivity index (χ0) is 19.3. The number of carbonyl (C=O) groups excluding carboxylic acids is 1. The van der Waals surface area contributed by atoms with Crippen LogP contribution in [-0.2, 0) is 34.2 Å². The van der Waals surface area contributed by atoms with E-state index in [2.05, 4.69) is 0 Å². The lowest BCUT2D eigenvalue weighted by molar-refractivity contribution is -0.158. The molecule has 0 aromatic heterocycles. The Hall–Kier alpha value is -2.22. The lowest BCUT2D eigenvalue weighted by Gasteiger charge is -2.30. The fraction of sp³-hybridized carbons (Fsp3) is 0.350. The number of nitrogens with zero attached hydrogens (tertiary/aromatic N) is 2. The van der Waals surface area contributed by atoms with E-state index in [1.165, 1.54) is 9.87 Å². The van der Waals surface area contributed by atoms with Crippen molar-refractivity contribution < 1.29 is 18.4 Å². The highest BCUT2D eigenvalue weighted by Crippen LogP contribution is 2.22. The summed E-state index contributed by atoms with van der Waals surface area (Å²) in [5, 5.41) is 10.4. The Labute approximate surface area is 160 Å². The van der Waals surface area contributed by atoms with Gasteiger partial charge in [0.25, 0.3) is 0 Å². The molecule has 3 rings (SSSR count). The summed E-state index contributed by atoms with van der Waals surface area (Å²) in [4.78, 5) is 11.1. The van der Waals surface area contributed by atoms with Gasteiger partial charge in [-0.05, 0) is 36.0 Å². The number of amides is 1. The highest BCUT2D eigenvalue weighted by Gasteiger charge is 2.31. The zero-order valence-electron chi connectivity index (χ0n) is 15.1. The van der Waals surface area contributed by atoms with Crippen molar-refractivity contribution in [3.8, 4) is 0 Å². The van der Waals surface area contributed by atoms with Gasteiger partial charge in [-0.2, -0.15) is 4.31 Å². The molecule has 1 aliphatic rings. The third kappa shape index (κ3) is 4.94. The van der Waals surface area contributed by atoms with Gasteiger partial charge in [-0.3, -0.25) is 10.0 Å². The largest absolute Gasteiger partial charge is 0.286 e. The third-order valence-electron chi connectivity index (χ3n) is 4.98. The summed E-state index contributed by atoms with van der Waals surface area (Å²) in [6, 6.07) is 16.6. The maximum absolute atomic E-state index is 12.9. The molecule has 1 unspecified atom stereocenters. The van der Waals surface area contributed by atoms with Gasteiger partial charge in [0.2, 0.25) is 16.4 Å². The van der Waals surface area contributed by atoms with Crippen LogP contribution in [0.3, 0.4) is 0 Å². The molecule has 6 nitrogen and oxygen atoms in total. The summed E-state index contributed by atoms with van der Waals surface area (Å²) in [6.07, 6.45) is 1.88. The van der Waals surface area contributed by atoms with Crippen molar-refractivity contribution >= 4 is 16.4 Å². The highest BCUT2D eigenvalue weighted by atomic mass is 32.2. The predicted octanol–water partition coefficient (Wildman–Crippen LogP) is 2.22. The molecule has 1 atom stereocenters. The number of hydroxylamine groups is 2. The van der Waals surface area contributed by atoms with Gasteiger partial charge in [0.1, 0.15) is 0 Å². The number of rotatable bonds is 8. The van der Waals surface area contributed by atoms with Crippen LogP contribution in [0.4, 0.5) is 0 Å². The van der Waals surface area contributed by atoms with Gasteiger partial charge in [0, 0.05) is 13.1 Å². The number of carbonyl (C=O) groups is 1. The van der Waals surface area contributed by atoms with Crippen molar-refractivity contribution in [1.82, 2.24) is 9.37 Å². The molecular weight excluding hydrogens is 364 g/mol. The van der Waals surface area contributed by atoms with Crippen LogP contribution in [0, 0.1) is 0 Å². The molecule has 1 amide bonds. The number of fused-ring (bicyclic) bond motifs is 1. The standard InChI is InChI=1S/C20H24N2O4S/c23-16-22(24)20(11-10-17-6-2-1-3-7-17)15-27(25,26)21-13-12-18-8-4-5-9-19(18)14-21/h1-9,16,20,24H,10-15H2. The van der Waals surface area contributed by atoms with E-state index in [0.717, 1.165) is 11.1 Å². The molecule has 0 fully saturated rings. The van der Waals surface area contributed by atoms with E-state index in [1.54, 1.807) is 0 Å². The minimum Gasteiger partial charge on any atom is -0.286 e. The van der Waals surface area contributed by atoms with Crippen LogP contribution in [-0.4, -0.2) is 47.7 Å². The predicted molar refractivity (Wildman–Crippen MR) is 103 cm³/mol.